The Balaban J connectivity index is 2.38. The Kier molecular flexibility index (Phi) is 6.17. The Morgan fingerprint density at radius 2 is 2.21 bits per heavy atom. The summed E-state index contributed by atoms with van der Waals surface area (Å²) in [6.07, 6.45) is -4.75. The van der Waals surface area contributed by atoms with Crippen LogP contribution in [-0.2, 0) is 4.79 Å². The van der Waals surface area contributed by atoms with E-state index in [-0.39, 0.29) is 6.61 Å². The van der Waals surface area contributed by atoms with Crippen LogP contribution in [-0.4, -0.2) is 36.7 Å². The molecule has 19 heavy (non-hydrogen) atoms. The van der Waals surface area contributed by atoms with E-state index in [1.165, 1.54) is 0 Å². The number of aliphatic hydroxyl groups is 1. The topological polar surface area (TPSA) is 58.6 Å². The van der Waals surface area contributed by atoms with Crippen molar-refractivity contribution in [3.8, 4) is 5.75 Å². The molecule has 0 fully saturated rings. The molecule has 0 aromatic heterocycles. The van der Waals surface area contributed by atoms with Crippen molar-refractivity contribution in [2.75, 3.05) is 13.2 Å². The number of alkyl halides is 2. The molecule has 0 spiro atoms. The number of aryl methyl sites for hydroxylation is 1. The molecule has 1 unspecified atom stereocenters. The molecule has 0 aliphatic heterocycles. The Morgan fingerprint density at radius 1 is 1.53 bits per heavy atom. The molecule has 0 saturated carbocycles. The Labute approximate surface area is 117 Å². The van der Waals surface area contributed by atoms with Gasteiger partial charge in [-0.2, -0.15) is 0 Å². The molecule has 1 aromatic rings. The zero-order chi connectivity index (χ0) is 14.4. The molecule has 106 valence electrons. The van der Waals surface area contributed by atoms with Gasteiger partial charge in [-0.1, -0.05) is 6.07 Å². The summed E-state index contributed by atoms with van der Waals surface area (Å²) in [5.74, 6) is -0.0951. The van der Waals surface area contributed by atoms with Crippen LogP contribution in [0.15, 0.2) is 22.7 Å². The number of halogens is 3. The van der Waals surface area contributed by atoms with E-state index in [0.29, 0.717) is 10.2 Å². The third-order valence-corrected chi connectivity index (χ3v) is 2.87. The zero-order valence-corrected chi connectivity index (χ0v) is 11.8. The fourth-order valence-corrected chi connectivity index (χ4v) is 1.83. The maximum absolute atomic E-state index is 12.0. The third-order valence-electron chi connectivity index (χ3n) is 2.25. The lowest BCUT2D eigenvalue weighted by Crippen LogP contribution is -2.38. The maximum atomic E-state index is 12.0. The number of hydrogen-bond acceptors (Lipinski definition) is 3. The minimum Gasteiger partial charge on any atom is -0.483 e. The van der Waals surface area contributed by atoms with Gasteiger partial charge in [0.2, 0.25) is 0 Å². The highest BCUT2D eigenvalue weighted by molar-refractivity contribution is 9.10. The quantitative estimate of drug-likeness (QED) is 0.833. The van der Waals surface area contributed by atoms with Crippen LogP contribution in [0.5, 0.6) is 5.75 Å². The zero-order valence-electron chi connectivity index (χ0n) is 10.2. The van der Waals surface area contributed by atoms with Gasteiger partial charge < -0.3 is 15.2 Å². The van der Waals surface area contributed by atoms with Crippen molar-refractivity contribution >= 4 is 21.8 Å². The summed E-state index contributed by atoms with van der Waals surface area (Å²) in [5, 5.41) is 11.0. The van der Waals surface area contributed by atoms with E-state index in [4.69, 9.17) is 9.84 Å². The van der Waals surface area contributed by atoms with E-state index in [9.17, 15) is 13.6 Å². The molecule has 0 bridgehead atoms. The number of rotatable bonds is 6. The van der Waals surface area contributed by atoms with Crippen molar-refractivity contribution in [2.24, 2.45) is 0 Å². The molecule has 0 aliphatic rings. The number of hydrogen-bond donors (Lipinski definition) is 2. The van der Waals surface area contributed by atoms with Crippen molar-refractivity contribution in [2.45, 2.75) is 19.5 Å². The number of ether oxygens (including phenoxy) is 1. The average molecular weight is 338 g/mol. The van der Waals surface area contributed by atoms with Crippen LogP contribution in [0.1, 0.15) is 5.56 Å². The fourth-order valence-electron chi connectivity index (χ4n) is 1.22. The number of nitrogens with one attached hydrogen (secondary N) is 1. The molecule has 0 saturated heterocycles. The van der Waals surface area contributed by atoms with Gasteiger partial charge >= 0.3 is 0 Å². The summed E-state index contributed by atoms with van der Waals surface area (Å²) in [4.78, 5) is 11.3. The number of amides is 1. The van der Waals surface area contributed by atoms with E-state index >= 15 is 0 Å². The van der Waals surface area contributed by atoms with E-state index < -0.39 is 25.0 Å². The normalized spacial score (nSPS) is 12.3. The highest BCUT2D eigenvalue weighted by atomic mass is 79.9. The molecular weight excluding hydrogens is 324 g/mol. The molecule has 2 N–H and O–H groups in total. The molecule has 1 rings (SSSR count). The van der Waals surface area contributed by atoms with Crippen LogP contribution in [0.25, 0.3) is 0 Å². The minimum atomic E-state index is -2.88. The van der Waals surface area contributed by atoms with Crippen LogP contribution in [0.2, 0.25) is 0 Å². The van der Waals surface area contributed by atoms with Crippen molar-refractivity contribution < 1.29 is 23.4 Å². The first kappa shape index (κ1) is 15.8. The molecule has 4 nitrogen and oxygen atoms in total. The van der Waals surface area contributed by atoms with Gasteiger partial charge in [0.15, 0.2) is 6.61 Å². The first-order valence-electron chi connectivity index (χ1n) is 5.52. The average Bonchev–Trinajstić information content (AvgIpc) is 2.34. The van der Waals surface area contributed by atoms with E-state index in [1.54, 1.807) is 6.07 Å². The summed E-state index contributed by atoms with van der Waals surface area (Å²) in [5.41, 5.74) is 1.03. The van der Waals surface area contributed by atoms with Crippen molar-refractivity contribution in [3.05, 3.63) is 28.2 Å². The van der Waals surface area contributed by atoms with Gasteiger partial charge in [0.05, 0.1) is 4.47 Å². The lowest BCUT2D eigenvalue weighted by atomic mass is 10.2. The first-order chi connectivity index (χ1) is 8.90. The van der Waals surface area contributed by atoms with Crippen LogP contribution >= 0.6 is 15.9 Å². The minimum absolute atomic E-state index is 0.308. The highest BCUT2D eigenvalue weighted by Crippen LogP contribution is 2.25. The number of carbonyl (C=O) groups is 1. The fraction of sp³-hybridized carbons (Fsp3) is 0.417. The Hall–Kier alpha value is -1.21. The van der Waals surface area contributed by atoms with Crippen molar-refractivity contribution in [3.63, 3.8) is 0 Å². The van der Waals surface area contributed by atoms with Gasteiger partial charge in [-0.25, -0.2) is 8.78 Å². The predicted octanol–water partition coefficient (Wildman–Crippen LogP) is 1.88. The molecule has 0 radical (unpaired) electrons. The van der Waals surface area contributed by atoms with Crippen LogP contribution < -0.4 is 10.1 Å². The summed E-state index contributed by atoms with van der Waals surface area (Å²) in [6, 6.07) is 5.34. The first-order valence-corrected chi connectivity index (χ1v) is 6.31. The highest BCUT2D eigenvalue weighted by Gasteiger charge is 2.17. The largest absolute Gasteiger partial charge is 0.483 e. The third kappa shape index (κ3) is 5.52. The smallest absolute Gasteiger partial charge is 0.265 e. The second-order valence-corrected chi connectivity index (χ2v) is 4.78. The molecule has 0 heterocycles. The van der Waals surface area contributed by atoms with Gasteiger partial charge in [-0.15, -0.1) is 0 Å². The summed E-state index contributed by atoms with van der Waals surface area (Å²) in [7, 11) is 0. The SMILES string of the molecule is Cc1ccc(OCC(=O)NCC(O)C(F)F)c(Br)c1. The molecule has 7 heteroatoms. The van der Waals surface area contributed by atoms with Crippen LogP contribution in [0.3, 0.4) is 0 Å². The second kappa shape index (κ2) is 7.40. The molecular formula is C12H14BrF2NO3. The van der Waals surface area contributed by atoms with E-state index in [1.807, 2.05) is 19.1 Å². The van der Waals surface area contributed by atoms with Crippen molar-refractivity contribution in [1.29, 1.82) is 0 Å². The van der Waals surface area contributed by atoms with Gasteiger partial charge in [0, 0.05) is 6.54 Å². The standard InChI is InChI=1S/C12H14BrF2NO3/c1-7-2-3-10(8(13)4-7)19-6-11(18)16-5-9(17)12(14)15/h2-4,9,12,17H,5-6H2,1H3,(H,16,18). The maximum Gasteiger partial charge on any atom is 0.265 e. The van der Waals surface area contributed by atoms with Crippen LogP contribution in [0.4, 0.5) is 8.78 Å². The second-order valence-electron chi connectivity index (χ2n) is 3.93. The molecule has 0 aliphatic carbocycles. The van der Waals surface area contributed by atoms with Gasteiger partial charge in [0.25, 0.3) is 12.3 Å². The van der Waals surface area contributed by atoms with E-state index in [2.05, 4.69) is 21.2 Å². The predicted molar refractivity (Wildman–Crippen MR) is 69.4 cm³/mol. The lowest BCUT2D eigenvalue weighted by Gasteiger charge is -2.12. The summed E-state index contributed by atoms with van der Waals surface area (Å²) >= 11 is 3.28. The molecule has 1 amide bonds. The van der Waals surface area contributed by atoms with Gasteiger partial charge in [-0.05, 0) is 40.5 Å². The molecule has 1 aromatic carbocycles. The van der Waals surface area contributed by atoms with Gasteiger partial charge in [0.1, 0.15) is 11.9 Å². The van der Waals surface area contributed by atoms with Gasteiger partial charge in [-0.3, -0.25) is 4.79 Å². The summed E-state index contributed by atoms with van der Waals surface area (Å²) < 4.78 is 29.9. The summed E-state index contributed by atoms with van der Waals surface area (Å²) in [6.45, 7) is 1.10. The Morgan fingerprint density at radius 3 is 2.79 bits per heavy atom. The monoisotopic (exact) mass is 337 g/mol. The number of benzene rings is 1. The Bertz CT molecular complexity index is 443. The molecule has 1 atom stereocenters. The van der Waals surface area contributed by atoms with Crippen molar-refractivity contribution in [1.82, 2.24) is 5.32 Å². The number of aliphatic hydroxyl groups excluding tert-OH is 1. The number of carbonyl (C=O) groups excluding carboxylic acids is 1. The lowest BCUT2D eigenvalue weighted by molar-refractivity contribution is -0.124. The van der Waals surface area contributed by atoms with E-state index in [0.717, 1.165) is 5.56 Å². The van der Waals surface area contributed by atoms with Crippen LogP contribution in [0, 0.1) is 6.92 Å².